The maximum absolute atomic E-state index is 12.3. The van der Waals surface area contributed by atoms with Crippen LogP contribution in [0.15, 0.2) is 59.6 Å². The van der Waals surface area contributed by atoms with Gasteiger partial charge in [0, 0.05) is 28.4 Å². The lowest BCUT2D eigenvalue weighted by molar-refractivity contribution is -0.115. The van der Waals surface area contributed by atoms with Gasteiger partial charge in [0.25, 0.3) is 0 Å². The fourth-order valence-electron chi connectivity index (χ4n) is 2.93. The zero-order valence-electron chi connectivity index (χ0n) is 16.2. The van der Waals surface area contributed by atoms with Crippen molar-refractivity contribution >= 4 is 35.0 Å². The molecule has 6 heteroatoms. The second kappa shape index (κ2) is 9.60. The predicted molar refractivity (Wildman–Crippen MR) is 119 cm³/mol. The first-order valence-corrected chi connectivity index (χ1v) is 10.5. The molecule has 1 N–H and O–H groups in total. The van der Waals surface area contributed by atoms with E-state index in [1.54, 1.807) is 18.2 Å². The molecule has 0 saturated heterocycles. The van der Waals surface area contributed by atoms with Crippen molar-refractivity contribution in [2.24, 2.45) is 0 Å². The number of carbonyl (C=O) groups is 1. The number of aryl methyl sites for hydroxylation is 2. The van der Waals surface area contributed by atoms with Gasteiger partial charge < -0.3 is 5.32 Å². The van der Waals surface area contributed by atoms with Gasteiger partial charge in [-0.25, -0.2) is 4.98 Å². The summed E-state index contributed by atoms with van der Waals surface area (Å²) in [5.74, 6) is 0.470. The van der Waals surface area contributed by atoms with Gasteiger partial charge in [-0.1, -0.05) is 29.8 Å². The third-order valence-electron chi connectivity index (χ3n) is 4.19. The molecule has 0 radical (unpaired) electrons. The van der Waals surface area contributed by atoms with Gasteiger partial charge in [-0.05, 0) is 61.4 Å². The molecule has 0 aliphatic carbocycles. The quantitative estimate of drug-likeness (QED) is 0.495. The van der Waals surface area contributed by atoms with E-state index < -0.39 is 0 Å². The molecule has 0 spiro atoms. The van der Waals surface area contributed by atoms with Crippen molar-refractivity contribution < 1.29 is 4.79 Å². The number of aromatic nitrogens is 1. The van der Waals surface area contributed by atoms with Gasteiger partial charge in [0.1, 0.15) is 11.1 Å². The van der Waals surface area contributed by atoms with Crippen LogP contribution in [0.4, 0.5) is 5.69 Å². The van der Waals surface area contributed by atoms with Crippen molar-refractivity contribution in [2.75, 3.05) is 11.1 Å². The molecule has 3 rings (SSSR count). The largest absolute Gasteiger partial charge is 0.326 e. The second-order valence-electron chi connectivity index (χ2n) is 6.69. The fraction of sp³-hybridized carbons (Fsp3) is 0.174. The van der Waals surface area contributed by atoms with Crippen molar-refractivity contribution in [3.8, 4) is 17.3 Å². The molecule has 0 aliphatic rings. The number of rotatable bonds is 6. The minimum atomic E-state index is -0.0603. The van der Waals surface area contributed by atoms with Gasteiger partial charge in [0.05, 0.1) is 11.3 Å². The highest BCUT2D eigenvalue weighted by atomic mass is 35.5. The molecule has 0 fully saturated rings. The number of nitriles is 1. The lowest BCUT2D eigenvalue weighted by Crippen LogP contribution is -2.12. The Morgan fingerprint density at radius 1 is 1.10 bits per heavy atom. The first-order chi connectivity index (χ1) is 13.9. The lowest BCUT2D eigenvalue weighted by atomic mass is 10.1. The predicted octanol–water partition coefficient (Wildman–Crippen LogP) is 6.01. The van der Waals surface area contributed by atoms with Gasteiger partial charge in [0.15, 0.2) is 0 Å². The van der Waals surface area contributed by atoms with E-state index in [2.05, 4.69) is 22.4 Å². The Balaban J connectivity index is 1.65. The number of pyridine rings is 1. The molecule has 1 aromatic heterocycles. The zero-order chi connectivity index (χ0) is 20.8. The standard InChI is InChI=1S/C23H20ClN3OS/c1-15-11-16(2)13-20(12-15)26-22(28)9-10-29-23-18(14-25)5-8-21(27-23)17-3-6-19(24)7-4-17/h3-8,11-13H,9-10H2,1-2H3,(H,26,28). The van der Waals surface area contributed by atoms with Crippen LogP contribution in [-0.2, 0) is 4.79 Å². The fourth-order valence-corrected chi connectivity index (χ4v) is 3.97. The van der Waals surface area contributed by atoms with Crippen LogP contribution in [0, 0.1) is 25.2 Å². The number of hydrogen-bond donors (Lipinski definition) is 1. The van der Waals surface area contributed by atoms with E-state index in [-0.39, 0.29) is 5.91 Å². The van der Waals surface area contributed by atoms with Crippen LogP contribution in [0.3, 0.4) is 0 Å². The van der Waals surface area contributed by atoms with Crippen LogP contribution in [-0.4, -0.2) is 16.6 Å². The maximum Gasteiger partial charge on any atom is 0.225 e. The summed E-state index contributed by atoms with van der Waals surface area (Å²) in [6.45, 7) is 4.00. The Hall–Kier alpha value is -2.81. The third kappa shape index (κ3) is 5.83. The highest BCUT2D eigenvalue weighted by molar-refractivity contribution is 7.99. The molecule has 0 atom stereocenters. The monoisotopic (exact) mass is 421 g/mol. The SMILES string of the molecule is Cc1cc(C)cc(NC(=O)CCSc2nc(-c3ccc(Cl)cc3)ccc2C#N)c1. The number of thioether (sulfide) groups is 1. The van der Waals surface area contributed by atoms with Crippen molar-refractivity contribution in [3.63, 3.8) is 0 Å². The molecule has 0 unspecified atom stereocenters. The molecular weight excluding hydrogens is 402 g/mol. The average molecular weight is 422 g/mol. The summed E-state index contributed by atoms with van der Waals surface area (Å²) in [4.78, 5) is 16.9. The summed E-state index contributed by atoms with van der Waals surface area (Å²) in [5, 5.41) is 13.6. The van der Waals surface area contributed by atoms with Gasteiger partial charge in [0.2, 0.25) is 5.91 Å². The van der Waals surface area contributed by atoms with Crippen LogP contribution in [0.1, 0.15) is 23.1 Å². The first kappa shape index (κ1) is 20.9. The summed E-state index contributed by atoms with van der Waals surface area (Å²) in [5.41, 5.74) is 5.21. The van der Waals surface area contributed by atoms with E-state index in [1.165, 1.54) is 11.8 Å². The summed E-state index contributed by atoms with van der Waals surface area (Å²) >= 11 is 7.35. The van der Waals surface area contributed by atoms with Crippen molar-refractivity contribution in [3.05, 3.63) is 76.3 Å². The molecule has 0 saturated carbocycles. The van der Waals surface area contributed by atoms with E-state index in [1.807, 2.05) is 44.2 Å². The van der Waals surface area contributed by atoms with E-state index in [0.29, 0.717) is 27.8 Å². The Morgan fingerprint density at radius 2 is 1.79 bits per heavy atom. The zero-order valence-corrected chi connectivity index (χ0v) is 17.8. The van der Waals surface area contributed by atoms with E-state index >= 15 is 0 Å². The number of halogens is 1. The molecule has 0 aliphatic heterocycles. The van der Waals surface area contributed by atoms with Crippen LogP contribution in [0.5, 0.6) is 0 Å². The van der Waals surface area contributed by atoms with E-state index in [9.17, 15) is 10.1 Å². The first-order valence-electron chi connectivity index (χ1n) is 9.12. The molecule has 1 heterocycles. The number of carbonyl (C=O) groups excluding carboxylic acids is 1. The average Bonchev–Trinajstić information content (AvgIpc) is 2.67. The Morgan fingerprint density at radius 3 is 2.45 bits per heavy atom. The minimum Gasteiger partial charge on any atom is -0.326 e. The number of nitrogens with one attached hydrogen (secondary N) is 1. The summed E-state index contributed by atoms with van der Waals surface area (Å²) in [6.07, 6.45) is 0.329. The molecule has 4 nitrogen and oxygen atoms in total. The molecule has 1 amide bonds. The van der Waals surface area contributed by atoms with Crippen LogP contribution in [0.25, 0.3) is 11.3 Å². The Labute approximate surface area is 179 Å². The number of benzene rings is 2. The molecular formula is C23H20ClN3OS. The highest BCUT2D eigenvalue weighted by Crippen LogP contribution is 2.26. The lowest BCUT2D eigenvalue weighted by Gasteiger charge is -2.09. The molecule has 29 heavy (non-hydrogen) atoms. The normalized spacial score (nSPS) is 10.4. The van der Waals surface area contributed by atoms with Crippen LogP contribution < -0.4 is 5.32 Å². The van der Waals surface area contributed by atoms with Gasteiger partial charge in [-0.3, -0.25) is 4.79 Å². The second-order valence-corrected chi connectivity index (χ2v) is 8.21. The number of nitrogens with zero attached hydrogens (tertiary/aromatic N) is 2. The molecule has 146 valence electrons. The summed E-state index contributed by atoms with van der Waals surface area (Å²) in [7, 11) is 0. The number of amides is 1. The molecule has 0 bridgehead atoms. The smallest absolute Gasteiger partial charge is 0.225 e. The maximum atomic E-state index is 12.3. The van der Waals surface area contributed by atoms with Crippen molar-refractivity contribution in [1.82, 2.24) is 4.98 Å². The topological polar surface area (TPSA) is 65.8 Å². The van der Waals surface area contributed by atoms with E-state index in [0.717, 1.165) is 28.1 Å². The Kier molecular flexibility index (Phi) is 6.92. The van der Waals surface area contributed by atoms with Gasteiger partial charge in [-0.15, -0.1) is 11.8 Å². The van der Waals surface area contributed by atoms with Crippen molar-refractivity contribution in [1.29, 1.82) is 5.26 Å². The molecule has 2 aromatic carbocycles. The summed E-state index contributed by atoms with van der Waals surface area (Å²) < 4.78 is 0. The minimum absolute atomic E-state index is 0.0603. The Bertz CT molecular complexity index is 1050. The van der Waals surface area contributed by atoms with Gasteiger partial charge in [-0.2, -0.15) is 5.26 Å². The summed E-state index contributed by atoms with van der Waals surface area (Å²) in [6, 6.07) is 19.1. The number of hydrogen-bond acceptors (Lipinski definition) is 4. The van der Waals surface area contributed by atoms with Gasteiger partial charge >= 0.3 is 0 Å². The highest BCUT2D eigenvalue weighted by Gasteiger charge is 2.10. The van der Waals surface area contributed by atoms with Crippen LogP contribution >= 0.6 is 23.4 Å². The molecule has 3 aromatic rings. The number of anilines is 1. The van der Waals surface area contributed by atoms with E-state index in [4.69, 9.17) is 11.6 Å². The van der Waals surface area contributed by atoms with Crippen molar-refractivity contribution in [2.45, 2.75) is 25.3 Å². The van der Waals surface area contributed by atoms with Crippen LogP contribution in [0.2, 0.25) is 5.02 Å². The third-order valence-corrected chi connectivity index (χ3v) is 5.44.